The van der Waals surface area contributed by atoms with Crippen molar-refractivity contribution in [1.82, 2.24) is 4.90 Å². The summed E-state index contributed by atoms with van der Waals surface area (Å²) in [5, 5.41) is 0. The zero-order chi connectivity index (χ0) is 13.8. The molecule has 1 aromatic carbocycles. The number of ether oxygens (including phenoxy) is 2. The molecule has 0 spiro atoms. The van der Waals surface area contributed by atoms with Crippen molar-refractivity contribution in [1.29, 1.82) is 0 Å². The molecule has 1 aliphatic rings. The Hall–Kier alpha value is -1.10. The van der Waals surface area contributed by atoms with Crippen molar-refractivity contribution in [3.8, 4) is 5.75 Å². The lowest BCUT2D eigenvalue weighted by Crippen LogP contribution is -2.20. The third kappa shape index (κ3) is 3.26. The Morgan fingerprint density at radius 2 is 2.11 bits per heavy atom. The van der Waals surface area contributed by atoms with Gasteiger partial charge >= 0.3 is 0 Å². The summed E-state index contributed by atoms with van der Waals surface area (Å²) in [6, 6.07) is 6.80. The normalized spacial score (nSPS) is 23.8. The minimum Gasteiger partial charge on any atom is -0.497 e. The lowest BCUT2D eigenvalue weighted by atomic mass is 9.98. The van der Waals surface area contributed by atoms with Crippen molar-refractivity contribution >= 4 is 0 Å². The Balaban J connectivity index is 2.25. The van der Waals surface area contributed by atoms with E-state index >= 15 is 0 Å². The Kier molecular flexibility index (Phi) is 4.80. The third-order valence-electron chi connectivity index (χ3n) is 3.89. The maximum atomic E-state index is 5.80. The molecule has 0 aromatic heterocycles. The van der Waals surface area contributed by atoms with Crippen molar-refractivity contribution < 1.29 is 9.47 Å². The predicted molar refractivity (Wildman–Crippen MR) is 76.2 cm³/mol. The van der Waals surface area contributed by atoms with E-state index in [0.29, 0.717) is 18.6 Å². The molecule has 1 aromatic rings. The number of nitrogens with two attached hydrogens (primary N) is 1. The van der Waals surface area contributed by atoms with E-state index in [9.17, 15) is 0 Å². The molecule has 1 fully saturated rings. The standard InChI is InChI=1S/C15H24N2O2/c1-17-9-12(8-16)6-15(17)13-4-11(10-18-2)5-14(7-13)19-3/h4-5,7,12,15H,6,8-10,16H2,1-3H3. The van der Waals surface area contributed by atoms with Gasteiger partial charge in [-0.3, -0.25) is 4.90 Å². The summed E-state index contributed by atoms with van der Waals surface area (Å²) in [5.74, 6) is 1.49. The fourth-order valence-electron chi connectivity index (χ4n) is 2.91. The number of rotatable bonds is 5. The van der Waals surface area contributed by atoms with Gasteiger partial charge in [-0.1, -0.05) is 6.07 Å². The van der Waals surface area contributed by atoms with E-state index in [2.05, 4.69) is 24.1 Å². The van der Waals surface area contributed by atoms with Crippen LogP contribution < -0.4 is 10.5 Å². The fourth-order valence-corrected chi connectivity index (χ4v) is 2.91. The molecule has 19 heavy (non-hydrogen) atoms. The van der Waals surface area contributed by atoms with Gasteiger partial charge in [0.2, 0.25) is 0 Å². The van der Waals surface area contributed by atoms with Gasteiger partial charge in [-0.25, -0.2) is 0 Å². The van der Waals surface area contributed by atoms with E-state index < -0.39 is 0 Å². The van der Waals surface area contributed by atoms with Crippen molar-refractivity contribution in [2.45, 2.75) is 19.1 Å². The first-order valence-corrected chi connectivity index (χ1v) is 6.75. The first-order chi connectivity index (χ1) is 9.17. The zero-order valence-corrected chi connectivity index (χ0v) is 12.1. The van der Waals surface area contributed by atoms with E-state index in [1.165, 1.54) is 5.56 Å². The van der Waals surface area contributed by atoms with Gasteiger partial charge in [-0.2, -0.15) is 0 Å². The summed E-state index contributed by atoms with van der Waals surface area (Å²) in [4.78, 5) is 2.38. The van der Waals surface area contributed by atoms with Crippen molar-refractivity contribution in [2.75, 3.05) is 34.4 Å². The fraction of sp³-hybridized carbons (Fsp3) is 0.600. The predicted octanol–water partition coefficient (Wildman–Crippen LogP) is 1.79. The molecule has 0 radical (unpaired) electrons. The van der Waals surface area contributed by atoms with Crippen molar-refractivity contribution in [2.24, 2.45) is 11.7 Å². The van der Waals surface area contributed by atoms with Crippen LogP contribution in [0.4, 0.5) is 0 Å². The number of methoxy groups -OCH3 is 2. The number of hydrogen-bond acceptors (Lipinski definition) is 4. The van der Waals surface area contributed by atoms with Gasteiger partial charge < -0.3 is 15.2 Å². The first-order valence-electron chi connectivity index (χ1n) is 6.75. The quantitative estimate of drug-likeness (QED) is 0.881. The second kappa shape index (κ2) is 6.37. The second-order valence-corrected chi connectivity index (χ2v) is 5.34. The van der Waals surface area contributed by atoms with E-state index in [0.717, 1.165) is 30.8 Å². The summed E-state index contributed by atoms with van der Waals surface area (Å²) in [5.41, 5.74) is 8.25. The van der Waals surface area contributed by atoms with Crippen LogP contribution in [0.3, 0.4) is 0 Å². The molecule has 2 atom stereocenters. The molecule has 1 aliphatic heterocycles. The van der Waals surface area contributed by atoms with Crippen LogP contribution in [0.2, 0.25) is 0 Å². The van der Waals surface area contributed by atoms with E-state index in [-0.39, 0.29) is 0 Å². The highest BCUT2D eigenvalue weighted by molar-refractivity contribution is 5.36. The number of benzene rings is 1. The molecule has 2 unspecified atom stereocenters. The number of likely N-dealkylation sites (tertiary alicyclic amines) is 1. The Labute approximate surface area is 115 Å². The lowest BCUT2D eigenvalue weighted by molar-refractivity contribution is 0.184. The second-order valence-electron chi connectivity index (χ2n) is 5.34. The van der Waals surface area contributed by atoms with E-state index in [1.807, 2.05) is 6.07 Å². The van der Waals surface area contributed by atoms with Crippen LogP contribution in [-0.2, 0) is 11.3 Å². The Morgan fingerprint density at radius 3 is 2.68 bits per heavy atom. The molecular formula is C15H24N2O2. The Bertz CT molecular complexity index is 423. The Morgan fingerprint density at radius 1 is 1.32 bits per heavy atom. The van der Waals surface area contributed by atoms with Gasteiger partial charge in [-0.15, -0.1) is 0 Å². The maximum Gasteiger partial charge on any atom is 0.119 e. The van der Waals surface area contributed by atoms with Crippen LogP contribution in [0.5, 0.6) is 5.75 Å². The summed E-state index contributed by atoms with van der Waals surface area (Å²) in [6.45, 7) is 2.44. The van der Waals surface area contributed by atoms with Crippen LogP contribution in [-0.4, -0.2) is 39.3 Å². The van der Waals surface area contributed by atoms with Crippen LogP contribution in [0.25, 0.3) is 0 Å². The SMILES string of the molecule is COCc1cc(OC)cc(C2CC(CN)CN2C)c1. The molecule has 1 heterocycles. The average molecular weight is 264 g/mol. The lowest BCUT2D eigenvalue weighted by Gasteiger charge is -2.21. The van der Waals surface area contributed by atoms with Gasteiger partial charge in [0.05, 0.1) is 13.7 Å². The highest BCUT2D eigenvalue weighted by atomic mass is 16.5. The van der Waals surface area contributed by atoms with E-state index in [4.69, 9.17) is 15.2 Å². The van der Waals surface area contributed by atoms with Crippen LogP contribution in [0.15, 0.2) is 18.2 Å². The molecule has 2 rings (SSSR count). The van der Waals surface area contributed by atoms with Crippen LogP contribution in [0, 0.1) is 5.92 Å². The largest absolute Gasteiger partial charge is 0.497 e. The molecule has 4 nitrogen and oxygen atoms in total. The van der Waals surface area contributed by atoms with Gasteiger partial charge in [0.25, 0.3) is 0 Å². The summed E-state index contributed by atoms with van der Waals surface area (Å²) in [6.07, 6.45) is 1.12. The zero-order valence-electron chi connectivity index (χ0n) is 12.1. The molecule has 0 saturated carbocycles. The molecule has 0 aliphatic carbocycles. The van der Waals surface area contributed by atoms with Gasteiger partial charge in [0, 0.05) is 19.7 Å². The summed E-state index contributed by atoms with van der Waals surface area (Å²) >= 11 is 0. The number of nitrogens with zero attached hydrogens (tertiary/aromatic N) is 1. The molecule has 2 N–H and O–H groups in total. The molecule has 4 heteroatoms. The molecule has 0 bridgehead atoms. The summed E-state index contributed by atoms with van der Waals surface area (Å²) in [7, 11) is 5.58. The van der Waals surface area contributed by atoms with Crippen molar-refractivity contribution in [3.05, 3.63) is 29.3 Å². The van der Waals surface area contributed by atoms with Crippen LogP contribution >= 0.6 is 0 Å². The topological polar surface area (TPSA) is 47.7 Å². The third-order valence-corrected chi connectivity index (χ3v) is 3.89. The molecular weight excluding hydrogens is 240 g/mol. The summed E-state index contributed by atoms with van der Waals surface area (Å²) < 4.78 is 10.6. The highest BCUT2D eigenvalue weighted by Crippen LogP contribution is 2.35. The maximum absolute atomic E-state index is 5.80. The van der Waals surface area contributed by atoms with Crippen LogP contribution in [0.1, 0.15) is 23.6 Å². The smallest absolute Gasteiger partial charge is 0.119 e. The van der Waals surface area contributed by atoms with Gasteiger partial charge in [0.1, 0.15) is 5.75 Å². The highest BCUT2D eigenvalue weighted by Gasteiger charge is 2.30. The number of hydrogen-bond donors (Lipinski definition) is 1. The van der Waals surface area contributed by atoms with E-state index in [1.54, 1.807) is 14.2 Å². The van der Waals surface area contributed by atoms with Crippen molar-refractivity contribution in [3.63, 3.8) is 0 Å². The molecule has 1 saturated heterocycles. The minimum absolute atomic E-state index is 0.430. The minimum atomic E-state index is 0.430. The monoisotopic (exact) mass is 264 g/mol. The first kappa shape index (κ1) is 14.3. The average Bonchev–Trinajstić information content (AvgIpc) is 2.80. The van der Waals surface area contributed by atoms with Gasteiger partial charge in [-0.05, 0) is 49.2 Å². The molecule has 106 valence electrons. The molecule has 0 amide bonds. The van der Waals surface area contributed by atoms with Gasteiger partial charge in [0.15, 0.2) is 0 Å².